The van der Waals surface area contributed by atoms with E-state index in [1.54, 1.807) is 12.1 Å². The molecular weight excluding hydrogens is 370 g/mol. The standard InChI is InChI=1S/C18H19N3O5S/c1-25-16-7-4-12(21-8-2-3-9-21)10-15(16)20-27(23,24)13-5-6-14-17(11-13)26-18(22)19-14/h4-7,10-11,20H,2-3,8-9H2,1H3,(H,19,22). The third-order valence-corrected chi connectivity index (χ3v) is 5.96. The number of oxazole rings is 1. The van der Waals surface area contributed by atoms with E-state index in [2.05, 4.69) is 14.6 Å². The monoisotopic (exact) mass is 389 g/mol. The second kappa shape index (κ2) is 6.66. The van der Waals surface area contributed by atoms with Crippen LogP contribution in [0.1, 0.15) is 12.8 Å². The van der Waals surface area contributed by atoms with Crippen molar-refractivity contribution in [2.24, 2.45) is 0 Å². The first-order valence-corrected chi connectivity index (χ1v) is 10.0. The number of anilines is 2. The zero-order chi connectivity index (χ0) is 19.0. The molecule has 1 fully saturated rings. The lowest BCUT2D eigenvalue weighted by molar-refractivity contribution is 0.417. The predicted molar refractivity (Wildman–Crippen MR) is 102 cm³/mol. The van der Waals surface area contributed by atoms with E-state index in [0.717, 1.165) is 31.6 Å². The third-order valence-electron chi connectivity index (χ3n) is 4.60. The highest BCUT2D eigenvalue weighted by atomic mass is 32.2. The minimum Gasteiger partial charge on any atom is -0.495 e. The van der Waals surface area contributed by atoms with Crippen LogP contribution in [0.2, 0.25) is 0 Å². The quantitative estimate of drug-likeness (QED) is 0.695. The minimum absolute atomic E-state index is 0.00798. The summed E-state index contributed by atoms with van der Waals surface area (Å²) < 4.78 is 38.5. The van der Waals surface area contributed by atoms with Crippen LogP contribution >= 0.6 is 0 Å². The first kappa shape index (κ1) is 17.5. The smallest absolute Gasteiger partial charge is 0.417 e. The molecule has 0 radical (unpaired) electrons. The Morgan fingerprint density at radius 1 is 1.15 bits per heavy atom. The second-order valence-corrected chi connectivity index (χ2v) is 8.04. The van der Waals surface area contributed by atoms with Crippen LogP contribution in [-0.4, -0.2) is 33.6 Å². The molecule has 142 valence electrons. The number of H-pyrrole nitrogens is 1. The number of benzene rings is 2. The summed E-state index contributed by atoms with van der Waals surface area (Å²) >= 11 is 0. The van der Waals surface area contributed by atoms with Crippen LogP contribution < -0.4 is 20.1 Å². The number of aromatic nitrogens is 1. The Labute approximate surface area is 155 Å². The minimum atomic E-state index is -3.89. The average Bonchev–Trinajstić information content (AvgIpc) is 3.29. The van der Waals surface area contributed by atoms with Gasteiger partial charge in [-0.05, 0) is 43.2 Å². The predicted octanol–water partition coefficient (Wildman–Crippen LogP) is 2.53. The Balaban J connectivity index is 1.69. The average molecular weight is 389 g/mol. The number of nitrogens with zero attached hydrogens (tertiary/aromatic N) is 1. The molecule has 9 heteroatoms. The Hall–Kier alpha value is -2.94. The van der Waals surface area contributed by atoms with Crippen molar-refractivity contribution in [3.05, 3.63) is 46.9 Å². The van der Waals surface area contributed by atoms with Crippen molar-refractivity contribution in [2.75, 3.05) is 29.8 Å². The Morgan fingerprint density at radius 3 is 2.67 bits per heavy atom. The van der Waals surface area contributed by atoms with E-state index < -0.39 is 15.8 Å². The number of hydrogen-bond acceptors (Lipinski definition) is 6. The van der Waals surface area contributed by atoms with Crippen LogP contribution in [0, 0.1) is 0 Å². The number of aromatic amines is 1. The van der Waals surface area contributed by atoms with Crippen molar-refractivity contribution >= 4 is 32.5 Å². The van der Waals surface area contributed by atoms with Gasteiger partial charge in [-0.2, -0.15) is 0 Å². The molecule has 0 bridgehead atoms. The van der Waals surface area contributed by atoms with Crippen LogP contribution in [0.5, 0.6) is 5.75 Å². The van der Waals surface area contributed by atoms with E-state index in [9.17, 15) is 13.2 Å². The summed E-state index contributed by atoms with van der Waals surface area (Å²) in [6.45, 7) is 1.89. The Bertz CT molecular complexity index is 1140. The fourth-order valence-corrected chi connectivity index (χ4v) is 4.32. The fourth-order valence-electron chi connectivity index (χ4n) is 3.24. The molecule has 27 heavy (non-hydrogen) atoms. The van der Waals surface area contributed by atoms with Gasteiger partial charge in [0.25, 0.3) is 10.0 Å². The first-order chi connectivity index (χ1) is 13.0. The summed E-state index contributed by atoms with van der Waals surface area (Å²) in [4.78, 5) is 16.0. The summed E-state index contributed by atoms with van der Waals surface area (Å²) in [6.07, 6.45) is 2.24. The van der Waals surface area contributed by atoms with Gasteiger partial charge < -0.3 is 14.1 Å². The Kier molecular flexibility index (Phi) is 4.31. The topological polar surface area (TPSA) is 105 Å². The maximum Gasteiger partial charge on any atom is 0.417 e. The summed E-state index contributed by atoms with van der Waals surface area (Å²) in [5.41, 5.74) is 1.92. The lowest BCUT2D eigenvalue weighted by Gasteiger charge is -2.20. The Morgan fingerprint density at radius 2 is 1.93 bits per heavy atom. The summed E-state index contributed by atoms with van der Waals surface area (Å²) in [7, 11) is -2.40. The van der Waals surface area contributed by atoms with Gasteiger partial charge in [0.15, 0.2) is 5.58 Å². The lowest BCUT2D eigenvalue weighted by Crippen LogP contribution is -2.18. The molecule has 0 amide bonds. The molecule has 0 atom stereocenters. The zero-order valence-corrected chi connectivity index (χ0v) is 15.5. The molecule has 3 aromatic rings. The van der Waals surface area contributed by atoms with Crippen LogP contribution in [0.15, 0.2) is 50.5 Å². The van der Waals surface area contributed by atoms with Crippen molar-refractivity contribution in [3.8, 4) is 5.75 Å². The molecule has 0 spiro atoms. The molecule has 2 aromatic carbocycles. The fraction of sp³-hybridized carbons (Fsp3) is 0.278. The molecule has 1 aliphatic rings. The molecule has 0 saturated carbocycles. The zero-order valence-electron chi connectivity index (χ0n) is 14.7. The number of methoxy groups -OCH3 is 1. The van der Waals surface area contributed by atoms with Crippen molar-refractivity contribution < 1.29 is 17.6 Å². The number of ether oxygens (including phenoxy) is 1. The van der Waals surface area contributed by atoms with E-state index >= 15 is 0 Å². The largest absolute Gasteiger partial charge is 0.495 e. The van der Waals surface area contributed by atoms with Gasteiger partial charge in [-0.3, -0.25) is 9.71 Å². The number of fused-ring (bicyclic) bond motifs is 1. The number of sulfonamides is 1. The molecular formula is C18H19N3O5S. The van der Waals surface area contributed by atoms with Crippen LogP contribution in [0.4, 0.5) is 11.4 Å². The first-order valence-electron chi connectivity index (χ1n) is 8.55. The number of hydrogen-bond donors (Lipinski definition) is 2. The molecule has 1 saturated heterocycles. The summed E-state index contributed by atoms with van der Waals surface area (Å²) in [5, 5.41) is 0. The molecule has 1 aliphatic heterocycles. The van der Waals surface area contributed by atoms with E-state index in [1.165, 1.54) is 25.3 Å². The van der Waals surface area contributed by atoms with Crippen molar-refractivity contribution in [1.82, 2.24) is 4.98 Å². The highest BCUT2D eigenvalue weighted by Crippen LogP contribution is 2.33. The third kappa shape index (κ3) is 3.37. The number of rotatable bonds is 5. The van der Waals surface area contributed by atoms with Gasteiger partial charge in [0.05, 0.1) is 23.2 Å². The molecule has 1 aromatic heterocycles. The van der Waals surface area contributed by atoms with Gasteiger partial charge in [0.2, 0.25) is 0 Å². The van der Waals surface area contributed by atoms with Gasteiger partial charge in [-0.15, -0.1) is 0 Å². The van der Waals surface area contributed by atoms with E-state index in [1.807, 2.05) is 6.07 Å². The summed E-state index contributed by atoms with van der Waals surface area (Å²) in [5.74, 6) is -0.205. The van der Waals surface area contributed by atoms with Crippen LogP contribution in [0.3, 0.4) is 0 Å². The van der Waals surface area contributed by atoms with Gasteiger partial charge >= 0.3 is 5.76 Å². The molecule has 8 nitrogen and oxygen atoms in total. The van der Waals surface area contributed by atoms with E-state index in [-0.39, 0.29) is 10.5 Å². The maximum absolute atomic E-state index is 12.8. The highest BCUT2D eigenvalue weighted by molar-refractivity contribution is 7.92. The van der Waals surface area contributed by atoms with E-state index in [0.29, 0.717) is 17.0 Å². The second-order valence-electron chi connectivity index (χ2n) is 6.36. The maximum atomic E-state index is 12.8. The van der Waals surface area contributed by atoms with Gasteiger partial charge in [-0.25, -0.2) is 13.2 Å². The molecule has 4 rings (SSSR count). The highest BCUT2D eigenvalue weighted by Gasteiger charge is 2.20. The van der Waals surface area contributed by atoms with Crippen molar-refractivity contribution in [1.29, 1.82) is 0 Å². The molecule has 2 heterocycles. The molecule has 2 N–H and O–H groups in total. The van der Waals surface area contributed by atoms with Crippen LogP contribution in [0.25, 0.3) is 11.1 Å². The van der Waals surface area contributed by atoms with E-state index in [4.69, 9.17) is 9.15 Å². The van der Waals surface area contributed by atoms with Crippen molar-refractivity contribution in [3.63, 3.8) is 0 Å². The van der Waals surface area contributed by atoms with Gasteiger partial charge in [0, 0.05) is 24.8 Å². The SMILES string of the molecule is COc1ccc(N2CCCC2)cc1NS(=O)(=O)c1ccc2[nH]c(=O)oc2c1. The van der Waals surface area contributed by atoms with Crippen LogP contribution in [-0.2, 0) is 10.0 Å². The van der Waals surface area contributed by atoms with Crippen molar-refractivity contribution in [2.45, 2.75) is 17.7 Å². The van der Waals surface area contributed by atoms with Gasteiger partial charge in [0.1, 0.15) is 5.75 Å². The lowest BCUT2D eigenvalue weighted by atomic mass is 10.2. The summed E-state index contributed by atoms with van der Waals surface area (Å²) in [6, 6.07) is 9.66. The van der Waals surface area contributed by atoms with Gasteiger partial charge in [-0.1, -0.05) is 0 Å². The number of nitrogens with one attached hydrogen (secondary N) is 2. The normalized spacial score (nSPS) is 14.6. The molecule has 0 unspecified atom stereocenters. The molecule has 0 aliphatic carbocycles.